The SMILES string of the molecule is C[C@@H]1CN(c2nc(-c3ccc(C(F)(F)F)cc3F)c3nc(N(C)C)[nH]c3n2)C[C@H](c2cnn(C3CC3)c2)O1. The van der Waals surface area contributed by atoms with Crippen LogP contribution in [0.25, 0.3) is 22.4 Å². The second-order valence-electron chi connectivity index (χ2n) is 10.0. The van der Waals surface area contributed by atoms with Crippen LogP contribution in [-0.2, 0) is 10.9 Å². The van der Waals surface area contributed by atoms with E-state index in [1.54, 1.807) is 19.0 Å². The lowest BCUT2D eigenvalue weighted by Crippen LogP contribution is -2.43. The normalized spacial score (nSPS) is 20.3. The first-order valence-electron chi connectivity index (χ1n) is 12.3. The highest BCUT2D eigenvalue weighted by atomic mass is 19.4. The zero-order chi connectivity index (χ0) is 26.8. The summed E-state index contributed by atoms with van der Waals surface area (Å²) in [5, 5.41) is 4.47. The van der Waals surface area contributed by atoms with Gasteiger partial charge in [0.25, 0.3) is 0 Å². The van der Waals surface area contributed by atoms with Crippen molar-refractivity contribution in [2.75, 3.05) is 37.0 Å². The van der Waals surface area contributed by atoms with Crippen molar-refractivity contribution < 1.29 is 22.3 Å². The lowest BCUT2D eigenvalue weighted by molar-refractivity contribution is -0.137. The topological polar surface area (TPSA) is 88.0 Å². The third-order valence-electron chi connectivity index (χ3n) is 6.75. The number of ether oxygens (including phenoxy) is 1. The average molecular weight is 531 g/mol. The van der Waals surface area contributed by atoms with Crippen LogP contribution >= 0.6 is 0 Å². The number of imidazole rings is 1. The Bertz CT molecular complexity index is 1490. The lowest BCUT2D eigenvalue weighted by Gasteiger charge is -2.36. The van der Waals surface area contributed by atoms with E-state index in [4.69, 9.17) is 4.74 Å². The molecule has 4 heterocycles. The fourth-order valence-electron chi connectivity index (χ4n) is 4.66. The number of rotatable bonds is 5. The maximum Gasteiger partial charge on any atom is 0.416 e. The third-order valence-corrected chi connectivity index (χ3v) is 6.75. The Morgan fingerprint density at radius 1 is 1.11 bits per heavy atom. The minimum absolute atomic E-state index is 0.0907. The Morgan fingerprint density at radius 2 is 1.89 bits per heavy atom. The summed E-state index contributed by atoms with van der Waals surface area (Å²) in [5.74, 6) is -0.280. The highest BCUT2D eigenvalue weighted by Crippen LogP contribution is 2.37. The molecule has 3 aromatic heterocycles. The second kappa shape index (κ2) is 8.93. The number of hydrogen-bond donors (Lipinski definition) is 1. The van der Waals surface area contributed by atoms with Gasteiger partial charge in [-0.25, -0.2) is 14.4 Å². The molecule has 9 nitrogen and oxygen atoms in total. The summed E-state index contributed by atoms with van der Waals surface area (Å²) in [4.78, 5) is 20.6. The van der Waals surface area contributed by atoms with E-state index in [0.29, 0.717) is 42.7 Å². The van der Waals surface area contributed by atoms with Gasteiger partial charge in [0.05, 0.1) is 30.5 Å². The van der Waals surface area contributed by atoms with E-state index in [0.717, 1.165) is 30.5 Å². The number of nitrogens with zero attached hydrogens (tertiary/aromatic N) is 7. The van der Waals surface area contributed by atoms with Gasteiger partial charge in [-0.15, -0.1) is 0 Å². The molecule has 38 heavy (non-hydrogen) atoms. The van der Waals surface area contributed by atoms with Crippen molar-refractivity contribution in [1.82, 2.24) is 29.7 Å². The van der Waals surface area contributed by atoms with E-state index < -0.39 is 17.6 Å². The van der Waals surface area contributed by atoms with Crippen LogP contribution in [0.3, 0.4) is 0 Å². The second-order valence-corrected chi connectivity index (χ2v) is 10.0. The van der Waals surface area contributed by atoms with Gasteiger partial charge in [0.15, 0.2) is 5.65 Å². The molecule has 1 saturated heterocycles. The summed E-state index contributed by atoms with van der Waals surface area (Å²) < 4.78 is 62.8. The summed E-state index contributed by atoms with van der Waals surface area (Å²) in [7, 11) is 3.56. The highest BCUT2D eigenvalue weighted by Gasteiger charge is 2.33. The van der Waals surface area contributed by atoms with Gasteiger partial charge in [-0.05, 0) is 38.0 Å². The van der Waals surface area contributed by atoms with E-state index in [9.17, 15) is 13.2 Å². The number of fused-ring (bicyclic) bond motifs is 1. The highest BCUT2D eigenvalue weighted by molar-refractivity contribution is 5.90. The molecule has 200 valence electrons. The van der Waals surface area contributed by atoms with Crippen LogP contribution in [0.4, 0.5) is 29.5 Å². The molecule has 2 fully saturated rings. The Balaban J connectivity index is 1.41. The van der Waals surface area contributed by atoms with Crippen LogP contribution in [0.15, 0.2) is 30.6 Å². The maximum absolute atomic E-state index is 15.1. The van der Waals surface area contributed by atoms with Crippen LogP contribution in [0.5, 0.6) is 0 Å². The number of H-pyrrole nitrogens is 1. The zero-order valence-electron chi connectivity index (χ0n) is 21.0. The first kappa shape index (κ1) is 24.6. The van der Waals surface area contributed by atoms with Gasteiger partial charge < -0.3 is 19.5 Å². The summed E-state index contributed by atoms with van der Waals surface area (Å²) in [6.07, 6.45) is 0.937. The minimum Gasteiger partial charge on any atom is -0.367 e. The predicted octanol–water partition coefficient (Wildman–Crippen LogP) is 4.74. The molecule has 0 amide bonds. The molecular formula is C25H26F4N8O. The molecule has 0 bridgehead atoms. The molecule has 1 aliphatic heterocycles. The minimum atomic E-state index is -4.66. The molecule has 0 radical (unpaired) electrons. The van der Waals surface area contributed by atoms with Crippen molar-refractivity contribution in [2.24, 2.45) is 0 Å². The van der Waals surface area contributed by atoms with Crippen LogP contribution < -0.4 is 9.80 Å². The van der Waals surface area contributed by atoms with Gasteiger partial charge in [-0.2, -0.15) is 23.3 Å². The largest absolute Gasteiger partial charge is 0.416 e. The number of morpholine rings is 1. The van der Waals surface area contributed by atoms with E-state index in [1.165, 1.54) is 0 Å². The number of benzene rings is 1. The van der Waals surface area contributed by atoms with Gasteiger partial charge >= 0.3 is 6.18 Å². The molecule has 1 aliphatic carbocycles. The summed E-state index contributed by atoms with van der Waals surface area (Å²) in [5.41, 5.74) is 0.506. The first-order valence-corrected chi connectivity index (χ1v) is 12.3. The number of nitrogens with one attached hydrogen (secondary N) is 1. The standard InChI is InChI=1S/C25H26F4N8O/c1-13-10-36(12-19(38-13)14-9-30-37(11-14)16-5-6-16)24-31-20(21-22(34-24)33-23(32-21)35(2)3)17-7-4-15(8-18(17)26)25(27,28)29/h4,7-9,11,13,16,19H,5-6,10,12H2,1-3H3,(H,31,32,33,34)/t13-,19-/m1/s1. The van der Waals surface area contributed by atoms with Crippen molar-refractivity contribution in [2.45, 2.75) is 44.2 Å². The van der Waals surface area contributed by atoms with Crippen LogP contribution in [0.1, 0.15) is 43.0 Å². The quantitative estimate of drug-likeness (QED) is 0.373. The number of aromatic amines is 1. The fourth-order valence-corrected chi connectivity index (χ4v) is 4.66. The number of aromatic nitrogens is 6. The molecule has 2 atom stereocenters. The molecule has 0 spiro atoms. The maximum atomic E-state index is 15.1. The molecule has 4 aromatic rings. The number of hydrogen-bond acceptors (Lipinski definition) is 7. The predicted molar refractivity (Wildman–Crippen MR) is 132 cm³/mol. The third kappa shape index (κ3) is 4.55. The summed E-state index contributed by atoms with van der Waals surface area (Å²) >= 11 is 0. The van der Waals surface area contributed by atoms with E-state index >= 15 is 4.39 Å². The smallest absolute Gasteiger partial charge is 0.367 e. The zero-order valence-corrected chi connectivity index (χ0v) is 21.0. The van der Waals surface area contributed by atoms with Gasteiger partial charge in [0.2, 0.25) is 11.9 Å². The van der Waals surface area contributed by atoms with Crippen molar-refractivity contribution in [3.8, 4) is 11.3 Å². The van der Waals surface area contributed by atoms with Gasteiger partial charge in [0.1, 0.15) is 23.1 Å². The number of anilines is 2. The van der Waals surface area contributed by atoms with E-state index in [1.807, 2.05) is 28.9 Å². The van der Waals surface area contributed by atoms with Crippen molar-refractivity contribution in [3.63, 3.8) is 0 Å². The molecule has 1 N–H and O–H groups in total. The van der Waals surface area contributed by atoms with Gasteiger partial charge in [0, 0.05) is 38.0 Å². The average Bonchev–Trinajstić information content (AvgIpc) is 3.42. The van der Waals surface area contributed by atoms with Crippen molar-refractivity contribution in [1.29, 1.82) is 0 Å². The van der Waals surface area contributed by atoms with Crippen LogP contribution in [0.2, 0.25) is 0 Å². The van der Waals surface area contributed by atoms with Gasteiger partial charge in [-0.1, -0.05) is 0 Å². The Hall–Kier alpha value is -3.74. The van der Waals surface area contributed by atoms with Crippen molar-refractivity contribution >= 4 is 23.1 Å². The Morgan fingerprint density at radius 3 is 2.58 bits per heavy atom. The molecule has 1 aromatic carbocycles. The lowest BCUT2D eigenvalue weighted by atomic mass is 10.1. The van der Waals surface area contributed by atoms with Crippen LogP contribution in [0, 0.1) is 5.82 Å². The van der Waals surface area contributed by atoms with E-state index in [-0.39, 0.29) is 29.0 Å². The fraction of sp³-hybridized carbons (Fsp3) is 0.440. The number of halogens is 4. The number of alkyl halides is 3. The molecular weight excluding hydrogens is 504 g/mol. The summed E-state index contributed by atoms with van der Waals surface area (Å²) in [6.45, 7) is 2.85. The van der Waals surface area contributed by atoms with Crippen LogP contribution in [-0.4, -0.2) is 63.0 Å². The van der Waals surface area contributed by atoms with E-state index in [2.05, 4.69) is 25.0 Å². The van der Waals surface area contributed by atoms with Gasteiger partial charge in [-0.3, -0.25) is 4.68 Å². The Labute approximate surface area is 215 Å². The molecule has 0 unspecified atom stereocenters. The molecule has 6 rings (SSSR count). The van der Waals surface area contributed by atoms with Crippen molar-refractivity contribution in [3.05, 3.63) is 47.5 Å². The first-order chi connectivity index (χ1) is 18.1. The molecule has 13 heteroatoms. The monoisotopic (exact) mass is 530 g/mol. The molecule has 2 aliphatic rings. The summed E-state index contributed by atoms with van der Waals surface area (Å²) in [6, 6.07) is 2.85. The molecule has 1 saturated carbocycles. The Kier molecular flexibility index (Phi) is 5.78.